The highest BCUT2D eigenvalue weighted by atomic mass is 16.4. The molecular weight excluding hydrogens is 576 g/mol. The van der Waals surface area contributed by atoms with Crippen LogP contribution in [-0.2, 0) is 0 Å². The number of nitrogens with zero attached hydrogens (tertiary/aromatic N) is 6. The van der Waals surface area contributed by atoms with Gasteiger partial charge >= 0.3 is 0 Å². The molecule has 0 unspecified atom stereocenters. The number of fused-ring (bicyclic) bond motifs is 16. The van der Waals surface area contributed by atoms with Crippen LogP contribution in [0.1, 0.15) is 72.5 Å². The number of oxazole rings is 6. The number of nitrogens with one attached hydrogen (secondary N) is 2. The topological polar surface area (TPSA) is 214 Å². The lowest BCUT2D eigenvalue weighted by molar-refractivity contribution is 0.0904. The van der Waals surface area contributed by atoms with E-state index in [0.717, 1.165) is 0 Å². The van der Waals surface area contributed by atoms with Crippen molar-refractivity contribution in [1.29, 1.82) is 0 Å². The summed E-state index contributed by atoms with van der Waals surface area (Å²) in [6.07, 6.45) is 7.79. The van der Waals surface area contributed by atoms with Gasteiger partial charge in [-0.05, 0) is 11.8 Å². The van der Waals surface area contributed by atoms with Gasteiger partial charge in [-0.15, -0.1) is 0 Å². The predicted molar refractivity (Wildman–Crippen MR) is 145 cm³/mol. The van der Waals surface area contributed by atoms with E-state index in [9.17, 15) is 9.59 Å². The van der Waals surface area contributed by atoms with E-state index >= 15 is 0 Å². The highest BCUT2D eigenvalue weighted by Crippen LogP contribution is 2.30. The summed E-state index contributed by atoms with van der Waals surface area (Å²) in [7, 11) is 0. The molecular formula is C28H24N8O8. The largest absolute Gasteiger partial charge is 0.446 e. The molecule has 0 radical (unpaired) electrons. The first kappa shape index (κ1) is 27.1. The van der Waals surface area contributed by atoms with Crippen molar-refractivity contribution in [2.75, 3.05) is 0 Å². The van der Waals surface area contributed by atoms with E-state index in [4.69, 9.17) is 26.5 Å². The number of hydrogen-bond acceptors (Lipinski definition) is 14. The second-order valence-electron chi connectivity index (χ2n) is 10.7. The van der Waals surface area contributed by atoms with Crippen LogP contribution in [0.15, 0.2) is 64.1 Å². The molecule has 0 saturated heterocycles. The molecule has 0 saturated carbocycles. The van der Waals surface area contributed by atoms with E-state index in [1.807, 2.05) is 27.7 Å². The highest BCUT2D eigenvalue weighted by Gasteiger charge is 2.29. The van der Waals surface area contributed by atoms with Crippen LogP contribution in [-0.4, -0.2) is 41.7 Å². The summed E-state index contributed by atoms with van der Waals surface area (Å²) < 4.78 is 33.6. The van der Waals surface area contributed by atoms with Crippen molar-refractivity contribution in [1.82, 2.24) is 40.5 Å². The quantitative estimate of drug-likeness (QED) is 0.272. The zero-order valence-electron chi connectivity index (χ0n) is 23.7. The van der Waals surface area contributed by atoms with Crippen molar-refractivity contribution in [2.45, 2.75) is 39.8 Å². The SMILES string of the molecule is CC(C)[C@@H]1NC(=O)c2coc(n2)-c2coc(n2)-c2coc(n2)[C@H](C(C)C)NC(=O)c2coc(n2)-c2coc(n2)-c2coc1n2. The number of carbonyl (C=O) groups excluding carboxylic acids is 2. The molecule has 1 aliphatic rings. The van der Waals surface area contributed by atoms with E-state index in [1.165, 1.54) is 37.6 Å². The van der Waals surface area contributed by atoms with Crippen LogP contribution >= 0.6 is 0 Å². The first-order chi connectivity index (χ1) is 21.2. The number of amides is 2. The zero-order valence-corrected chi connectivity index (χ0v) is 23.7. The average Bonchev–Trinajstić information content (AvgIpc) is 3.82. The van der Waals surface area contributed by atoms with Gasteiger partial charge < -0.3 is 37.1 Å². The van der Waals surface area contributed by atoms with Crippen molar-refractivity contribution in [3.05, 3.63) is 60.7 Å². The smallest absolute Gasteiger partial charge is 0.273 e. The van der Waals surface area contributed by atoms with Crippen LogP contribution in [0, 0.1) is 11.8 Å². The van der Waals surface area contributed by atoms with Crippen molar-refractivity contribution in [3.8, 4) is 46.3 Å². The fourth-order valence-electron chi connectivity index (χ4n) is 4.49. The van der Waals surface area contributed by atoms with Crippen LogP contribution in [0.2, 0.25) is 0 Å². The third-order valence-electron chi connectivity index (χ3n) is 6.84. The van der Waals surface area contributed by atoms with Crippen molar-refractivity contribution < 1.29 is 36.1 Å². The van der Waals surface area contributed by atoms with Crippen molar-refractivity contribution in [2.24, 2.45) is 11.8 Å². The summed E-state index contributed by atoms with van der Waals surface area (Å²) in [6, 6.07) is -1.25. The molecule has 6 aromatic heterocycles. The summed E-state index contributed by atoms with van der Waals surface area (Å²) in [6.45, 7) is 7.58. The maximum absolute atomic E-state index is 13.1. The fraction of sp³-hybridized carbons (Fsp3) is 0.286. The zero-order chi connectivity index (χ0) is 30.5. The fourth-order valence-corrected chi connectivity index (χ4v) is 4.49. The molecule has 0 aliphatic carbocycles. The van der Waals surface area contributed by atoms with Crippen LogP contribution in [0.5, 0.6) is 0 Å². The van der Waals surface area contributed by atoms with Crippen molar-refractivity contribution in [3.63, 3.8) is 0 Å². The Bertz CT molecular complexity index is 1830. The molecule has 224 valence electrons. The summed E-state index contributed by atoms with van der Waals surface area (Å²) in [5, 5.41) is 5.76. The maximum atomic E-state index is 13.1. The Hall–Kier alpha value is -5.80. The third kappa shape index (κ3) is 4.85. The van der Waals surface area contributed by atoms with Gasteiger partial charge in [0.25, 0.3) is 11.8 Å². The molecule has 16 heteroatoms. The summed E-state index contributed by atoms with van der Waals surface area (Å²) in [5.41, 5.74) is 1.05. The van der Waals surface area contributed by atoms with Crippen LogP contribution in [0.4, 0.5) is 0 Å². The van der Waals surface area contributed by atoms with Gasteiger partial charge in [-0.3, -0.25) is 9.59 Å². The predicted octanol–water partition coefficient (Wildman–Crippen LogP) is 4.85. The number of aromatic nitrogens is 6. The molecule has 1 aliphatic heterocycles. The van der Waals surface area contributed by atoms with Crippen LogP contribution in [0.3, 0.4) is 0 Å². The minimum Gasteiger partial charge on any atom is -0.446 e. The lowest BCUT2D eigenvalue weighted by Gasteiger charge is -2.18. The van der Waals surface area contributed by atoms with E-state index in [0.29, 0.717) is 0 Å². The first-order valence-electron chi connectivity index (χ1n) is 13.6. The molecule has 44 heavy (non-hydrogen) atoms. The summed E-state index contributed by atoms with van der Waals surface area (Å²) in [5.74, 6) is -0.459. The molecule has 7 heterocycles. The molecule has 7 rings (SSSR count). The average molecular weight is 601 g/mol. The lowest BCUT2D eigenvalue weighted by Crippen LogP contribution is -2.32. The van der Waals surface area contributed by atoms with E-state index in [-0.39, 0.29) is 81.3 Å². The first-order valence-corrected chi connectivity index (χ1v) is 13.6. The van der Waals surface area contributed by atoms with E-state index in [2.05, 4.69) is 40.5 Å². The molecule has 16 nitrogen and oxygen atoms in total. The minimum absolute atomic E-state index is 0.0123. The van der Waals surface area contributed by atoms with Gasteiger partial charge in [-0.2, -0.15) is 0 Å². The van der Waals surface area contributed by atoms with Gasteiger partial charge in [-0.25, -0.2) is 29.9 Å². The Kier molecular flexibility index (Phi) is 6.45. The normalized spacial score (nSPS) is 17.0. The highest BCUT2D eigenvalue weighted by molar-refractivity contribution is 5.93. The molecule has 2 N–H and O–H groups in total. The molecule has 6 aromatic rings. The van der Waals surface area contributed by atoms with Gasteiger partial charge in [0, 0.05) is 0 Å². The van der Waals surface area contributed by atoms with Gasteiger partial charge in [0.15, 0.2) is 34.2 Å². The van der Waals surface area contributed by atoms with Gasteiger partial charge in [0.2, 0.25) is 35.3 Å². The molecule has 0 fully saturated rings. The monoisotopic (exact) mass is 600 g/mol. The van der Waals surface area contributed by atoms with Crippen molar-refractivity contribution >= 4 is 11.8 Å². The minimum atomic E-state index is -0.626. The van der Waals surface area contributed by atoms with Gasteiger partial charge in [0.05, 0.1) is 0 Å². The molecule has 0 spiro atoms. The van der Waals surface area contributed by atoms with Gasteiger partial charge in [0.1, 0.15) is 49.7 Å². The molecule has 2 amide bonds. The number of carbonyl (C=O) groups is 2. The molecule has 12 bridgehead atoms. The second kappa shape index (κ2) is 10.5. The van der Waals surface area contributed by atoms with E-state index in [1.54, 1.807) is 0 Å². The standard InChI is InChI=1S/C28H24N8O8/c1-11(2)19-27-33-17(9-43-27)25-31-16(7-41-25)24-30-14(6-40-24)22(38)36-20(12(3)4)28-34-18(10-44-28)26-32-15(8-42-26)23-29-13(5-39-23)21(37)35-19/h5-12,19-20H,1-4H3,(H,35,37)(H,36,38)/t19-,20-/m0/s1. The second-order valence-corrected chi connectivity index (χ2v) is 10.7. The Morgan fingerprint density at radius 2 is 0.773 bits per heavy atom. The Morgan fingerprint density at radius 3 is 1.14 bits per heavy atom. The number of rotatable bonds is 2. The van der Waals surface area contributed by atoms with Crippen LogP contribution < -0.4 is 10.6 Å². The Balaban J connectivity index is 1.28. The Labute approximate surface area is 247 Å². The number of hydrogen-bond donors (Lipinski definition) is 2. The van der Waals surface area contributed by atoms with E-state index < -0.39 is 23.9 Å². The maximum Gasteiger partial charge on any atom is 0.273 e. The third-order valence-corrected chi connectivity index (χ3v) is 6.84. The Morgan fingerprint density at radius 1 is 0.477 bits per heavy atom. The van der Waals surface area contributed by atoms with Crippen LogP contribution in [0.25, 0.3) is 46.3 Å². The summed E-state index contributed by atoms with van der Waals surface area (Å²) in [4.78, 5) is 52.6. The van der Waals surface area contributed by atoms with Gasteiger partial charge in [-0.1, -0.05) is 27.7 Å². The molecule has 0 aromatic carbocycles. The molecule has 2 atom stereocenters. The summed E-state index contributed by atoms with van der Waals surface area (Å²) >= 11 is 0. The lowest BCUT2D eigenvalue weighted by atomic mass is 10.0.